The van der Waals surface area contributed by atoms with Gasteiger partial charge in [0.2, 0.25) is 10.0 Å². The largest absolute Gasteiger partial charge is 0.240 e. The summed E-state index contributed by atoms with van der Waals surface area (Å²) in [5, 5.41) is 0.534. The third kappa shape index (κ3) is 3.70. The highest BCUT2D eigenvalue weighted by atomic mass is 79.9. The second kappa shape index (κ2) is 5.90. The Hall–Kier alpha value is -0.100. The Bertz CT molecular complexity index is 503. The van der Waals surface area contributed by atoms with Crippen LogP contribution in [0.15, 0.2) is 29.2 Å². The first-order chi connectivity index (χ1) is 8.47. The maximum Gasteiger partial charge on any atom is 0.240 e. The van der Waals surface area contributed by atoms with E-state index in [9.17, 15) is 8.42 Å². The Morgan fingerprint density at radius 3 is 2.50 bits per heavy atom. The number of sulfonamides is 1. The highest BCUT2D eigenvalue weighted by Crippen LogP contribution is 2.30. The molecular weight excluding hydrogens is 338 g/mol. The molecule has 0 saturated heterocycles. The maximum absolute atomic E-state index is 12.0. The van der Waals surface area contributed by atoms with E-state index in [1.807, 2.05) is 0 Å². The van der Waals surface area contributed by atoms with Crippen LogP contribution in [-0.2, 0) is 10.0 Å². The molecule has 100 valence electrons. The van der Waals surface area contributed by atoms with Crippen LogP contribution in [0.3, 0.4) is 0 Å². The lowest BCUT2D eigenvalue weighted by molar-refractivity contribution is 0.521. The van der Waals surface area contributed by atoms with Gasteiger partial charge in [-0.25, -0.2) is 13.1 Å². The Labute approximate surface area is 121 Å². The molecule has 1 saturated carbocycles. The van der Waals surface area contributed by atoms with E-state index in [-0.39, 0.29) is 4.90 Å². The first-order valence-electron chi connectivity index (χ1n) is 5.86. The van der Waals surface area contributed by atoms with Crippen molar-refractivity contribution < 1.29 is 8.42 Å². The van der Waals surface area contributed by atoms with E-state index in [0.29, 0.717) is 22.3 Å². The van der Waals surface area contributed by atoms with Gasteiger partial charge in [-0.3, -0.25) is 0 Å². The van der Waals surface area contributed by atoms with E-state index in [2.05, 4.69) is 20.7 Å². The van der Waals surface area contributed by atoms with Crippen molar-refractivity contribution in [2.24, 2.45) is 5.92 Å². The van der Waals surface area contributed by atoms with Gasteiger partial charge in [-0.1, -0.05) is 27.5 Å². The van der Waals surface area contributed by atoms with Crippen molar-refractivity contribution in [3.63, 3.8) is 0 Å². The molecule has 1 N–H and O–H groups in total. The van der Waals surface area contributed by atoms with Gasteiger partial charge in [0.05, 0.1) is 4.90 Å². The molecule has 2 rings (SSSR count). The molecule has 1 aromatic rings. The number of hydrogen-bond donors (Lipinski definition) is 1. The zero-order valence-corrected chi connectivity index (χ0v) is 12.9. The van der Waals surface area contributed by atoms with Gasteiger partial charge in [-0.2, -0.15) is 0 Å². The molecule has 1 aliphatic carbocycles. The standard InChI is InChI=1S/C12H15BrClNO2S/c13-10-2-1-9(7-10)8-15-18(16,17)12-5-3-11(14)4-6-12/h3-6,9-10,15H,1-2,7-8H2. The minimum absolute atomic E-state index is 0.264. The van der Waals surface area contributed by atoms with E-state index in [1.54, 1.807) is 12.1 Å². The summed E-state index contributed by atoms with van der Waals surface area (Å²) in [5.41, 5.74) is 0. The van der Waals surface area contributed by atoms with Crippen LogP contribution in [-0.4, -0.2) is 19.8 Å². The summed E-state index contributed by atoms with van der Waals surface area (Å²) in [7, 11) is -3.41. The van der Waals surface area contributed by atoms with Crippen molar-refractivity contribution in [1.29, 1.82) is 0 Å². The second-order valence-electron chi connectivity index (χ2n) is 4.58. The van der Waals surface area contributed by atoms with Crippen molar-refractivity contribution >= 4 is 37.6 Å². The number of rotatable bonds is 4. The maximum atomic E-state index is 12.0. The number of halogens is 2. The van der Waals surface area contributed by atoms with Gasteiger partial charge >= 0.3 is 0 Å². The summed E-state index contributed by atoms with van der Waals surface area (Å²) >= 11 is 9.30. The molecule has 0 spiro atoms. The predicted octanol–water partition coefficient (Wildman–Crippen LogP) is 3.18. The van der Waals surface area contributed by atoms with Crippen LogP contribution in [0.4, 0.5) is 0 Å². The average molecular weight is 353 g/mol. The van der Waals surface area contributed by atoms with E-state index >= 15 is 0 Å². The first-order valence-corrected chi connectivity index (χ1v) is 8.64. The van der Waals surface area contributed by atoms with Gasteiger partial charge in [0, 0.05) is 16.4 Å². The Morgan fingerprint density at radius 2 is 1.94 bits per heavy atom. The normalized spacial score (nSPS) is 24.3. The van der Waals surface area contributed by atoms with Gasteiger partial charge in [0.1, 0.15) is 0 Å². The van der Waals surface area contributed by atoms with E-state index in [1.165, 1.54) is 12.1 Å². The molecule has 6 heteroatoms. The molecule has 0 aliphatic heterocycles. The van der Waals surface area contributed by atoms with Crippen LogP contribution in [0, 0.1) is 5.92 Å². The molecule has 0 amide bonds. The molecular formula is C12H15BrClNO2S. The van der Waals surface area contributed by atoms with Gasteiger partial charge in [-0.05, 0) is 49.4 Å². The smallest absolute Gasteiger partial charge is 0.211 e. The minimum Gasteiger partial charge on any atom is -0.211 e. The molecule has 2 unspecified atom stereocenters. The van der Waals surface area contributed by atoms with Crippen LogP contribution in [0.5, 0.6) is 0 Å². The number of hydrogen-bond acceptors (Lipinski definition) is 2. The molecule has 1 aliphatic rings. The quantitative estimate of drug-likeness (QED) is 0.846. The molecule has 1 fully saturated rings. The van der Waals surface area contributed by atoms with Gasteiger partial charge < -0.3 is 0 Å². The summed E-state index contributed by atoms with van der Waals surface area (Å²) in [5.74, 6) is 0.427. The first kappa shape index (κ1) is 14.3. The van der Waals surface area contributed by atoms with Gasteiger partial charge in [0.15, 0.2) is 0 Å². The van der Waals surface area contributed by atoms with E-state index < -0.39 is 10.0 Å². The topological polar surface area (TPSA) is 46.2 Å². The van der Waals surface area contributed by atoms with Crippen molar-refractivity contribution in [3.8, 4) is 0 Å². The number of alkyl halides is 1. The fraction of sp³-hybridized carbons (Fsp3) is 0.500. The molecule has 18 heavy (non-hydrogen) atoms. The average Bonchev–Trinajstić information content (AvgIpc) is 2.73. The third-order valence-electron chi connectivity index (χ3n) is 3.16. The van der Waals surface area contributed by atoms with E-state index in [4.69, 9.17) is 11.6 Å². The van der Waals surface area contributed by atoms with Crippen LogP contribution in [0.25, 0.3) is 0 Å². The highest BCUT2D eigenvalue weighted by molar-refractivity contribution is 9.09. The molecule has 0 radical (unpaired) electrons. The number of benzene rings is 1. The zero-order chi connectivity index (χ0) is 13.2. The fourth-order valence-corrected chi connectivity index (χ4v) is 4.16. The molecule has 0 heterocycles. The summed E-state index contributed by atoms with van der Waals surface area (Å²) in [6.07, 6.45) is 3.22. The fourth-order valence-electron chi connectivity index (χ4n) is 2.12. The van der Waals surface area contributed by atoms with Crippen LogP contribution in [0.2, 0.25) is 5.02 Å². The van der Waals surface area contributed by atoms with Crippen molar-refractivity contribution in [1.82, 2.24) is 4.72 Å². The number of nitrogens with one attached hydrogen (secondary N) is 1. The highest BCUT2D eigenvalue weighted by Gasteiger charge is 2.24. The zero-order valence-electron chi connectivity index (χ0n) is 9.77. The third-order valence-corrected chi connectivity index (χ3v) is 5.69. The minimum atomic E-state index is -3.41. The van der Waals surface area contributed by atoms with Crippen molar-refractivity contribution in [2.45, 2.75) is 29.0 Å². The van der Waals surface area contributed by atoms with Crippen LogP contribution in [0.1, 0.15) is 19.3 Å². The Kier molecular flexibility index (Phi) is 4.69. The SMILES string of the molecule is O=S(=O)(NCC1CCC(Br)C1)c1ccc(Cl)cc1. The lowest BCUT2D eigenvalue weighted by Crippen LogP contribution is -2.28. The summed E-state index contributed by atoms with van der Waals surface area (Å²) in [6.45, 7) is 0.507. The van der Waals surface area contributed by atoms with Gasteiger partial charge in [-0.15, -0.1) is 0 Å². The van der Waals surface area contributed by atoms with Crippen LogP contribution < -0.4 is 4.72 Å². The lowest BCUT2D eigenvalue weighted by atomic mass is 10.1. The molecule has 0 aromatic heterocycles. The van der Waals surface area contributed by atoms with Crippen molar-refractivity contribution in [2.75, 3.05) is 6.54 Å². The summed E-state index contributed by atoms with van der Waals surface area (Å²) in [4.78, 5) is 0.794. The summed E-state index contributed by atoms with van der Waals surface area (Å²) in [6, 6.07) is 6.21. The monoisotopic (exact) mass is 351 g/mol. The molecule has 1 aromatic carbocycles. The summed E-state index contributed by atoms with van der Waals surface area (Å²) < 4.78 is 26.7. The Morgan fingerprint density at radius 1 is 1.28 bits per heavy atom. The van der Waals surface area contributed by atoms with E-state index in [0.717, 1.165) is 19.3 Å². The van der Waals surface area contributed by atoms with Crippen LogP contribution >= 0.6 is 27.5 Å². The molecule has 2 atom stereocenters. The lowest BCUT2D eigenvalue weighted by Gasteiger charge is -2.11. The molecule has 0 bridgehead atoms. The predicted molar refractivity (Wildman–Crippen MR) is 76.7 cm³/mol. The van der Waals surface area contributed by atoms with Crippen molar-refractivity contribution in [3.05, 3.63) is 29.3 Å². The molecule has 3 nitrogen and oxygen atoms in total. The second-order valence-corrected chi connectivity index (χ2v) is 8.08. The van der Waals surface area contributed by atoms with Gasteiger partial charge in [0.25, 0.3) is 0 Å². The Balaban J connectivity index is 1.97.